The first kappa shape index (κ1) is 7.72. The number of carbonyl (C=O) groups is 1. The molecule has 1 aliphatic rings. The Bertz CT molecular complexity index is 240. The molecule has 4 heteroatoms. The van der Waals surface area contributed by atoms with Crippen molar-refractivity contribution in [3.63, 3.8) is 0 Å². The summed E-state index contributed by atoms with van der Waals surface area (Å²) in [6, 6.07) is 0. The van der Waals surface area contributed by atoms with Gasteiger partial charge in [-0.25, -0.2) is 8.42 Å². The molecular formula is C6H10O3S. The zero-order chi connectivity index (χ0) is 7.78. The van der Waals surface area contributed by atoms with Crippen LogP contribution in [-0.2, 0) is 14.6 Å². The number of Topliss-reactive ketones (excluding diaryl/α,β-unsaturated/α-hetero) is 1. The fourth-order valence-electron chi connectivity index (χ4n) is 1.12. The molecule has 1 fully saturated rings. The highest BCUT2D eigenvalue weighted by atomic mass is 32.2. The molecule has 1 rings (SSSR count). The predicted molar refractivity (Wildman–Crippen MR) is 37.4 cm³/mol. The Morgan fingerprint density at radius 1 is 1.50 bits per heavy atom. The molecule has 1 atom stereocenters. The minimum Gasteiger partial charge on any atom is -0.300 e. The van der Waals surface area contributed by atoms with Crippen molar-refractivity contribution in [3.8, 4) is 0 Å². The summed E-state index contributed by atoms with van der Waals surface area (Å²) in [7, 11) is -2.86. The van der Waals surface area contributed by atoms with Crippen LogP contribution >= 0.6 is 0 Å². The first-order chi connectivity index (χ1) is 4.51. The van der Waals surface area contributed by atoms with Crippen LogP contribution in [0.3, 0.4) is 0 Å². The predicted octanol–water partition coefficient (Wildman–Crippen LogP) is 0.0101. The highest BCUT2D eigenvalue weighted by Gasteiger charge is 2.30. The van der Waals surface area contributed by atoms with Crippen molar-refractivity contribution in [1.82, 2.24) is 0 Å². The first-order valence-electron chi connectivity index (χ1n) is 3.22. The highest BCUT2D eigenvalue weighted by molar-refractivity contribution is 7.91. The van der Waals surface area contributed by atoms with Crippen LogP contribution in [-0.4, -0.2) is 25.7 Å². The molecule has 0 aliphatic carbocycles. The molecule has 0 unspecified atom stereocenters. The van der Waals surface area contributed by atoms with E-state index in [1.54, 1.807) is 0 Å². The number of hydrogen-bond donors (Lipinski definition) is 0. The van der Waals surface area contributed by atoms with Gasteiger partial charge in [-0.05, 0) is 13.3 Å². The maximum Gasteiger partial charge on any atom is 0.151 e. The monoisotopic (exact) mass is 162 g/mol. The maximum absolute atomic E-state index is 10.8. The van der Waals surface area contributed by atoms with Crippen LogP contribution in [0, 0.1) is 5.92 Å². The zero-order valence-electron chi connectivity index (χ0n) is 5.83. The van der Waals surface area contributed by atoms with Crippen LogP contribution in [0.2, 0.25) is 0 Å². The van der Waals surface area contributed by atoms with Gasteiger partial charge in [0.2, 0.25) is 0 Å². The van der Waals surface area contributed by atoms with Crippen molar-refractivity contribution < 1.29 is 13.2 Å². The molecule has 1 heterocycles. The van der Waals surface area contributed by atoms with Crippen LogP contribution < -0.4 is 0 Å². The largest absolute Gasteiger partial charge is 0.300 e. The lowest BCUT2D eigenvalue weighted by atomic mass is 10.1. The Morgan fingerprint density at radius 3 is 2.30 bits per heavy atom. The molecular weight excluding hydrogens is 152 g/mol. The van der Waals surface area contributed by atoms with E-state index in [1.807, 2.05) is 0 Å². The minimum atomic E-state index is -2.86. The van der Waals surface area contributed by atoms with E-state index in [-0.39, 0.29) is 23.2 Å². The second-order valence-corrected chi connectivity index (χ2v) is 4.94. The van der Waals surface area contributed by atoms with Crippen molar-refractivity contribution >= 4 is 15.6 Å². The lowest BCUT2D eigenvalue weighted by Gasteiger charge is -1.97. The number of ketones is 1. The van der Waals surface area contributed by atoms with E-state index in [0.29, 0.717) is 6.42 Å². The van der Waals surface area contributed by atoms with Crippen molar-refractivity contribution in [2.24, 2.45) is 5.92 Å². The Morgan fingerprint density at radius 2 is 2.10 bits per heavy atom. The van der Waals surface area contributed by atoms with E-state index in [4.69, 9.17) is 0 Å². The quantitative estimate of drug-likeness (QED) is 0.545. The van der Waals surface area contributed by atoms with E-state index < -0.39 is 9.84 Å². The van der Waals surface area contributed by atoms with Crippen LogP contribution in [0.5, 0.6) is 0 Å². The second kappa shape index (κ2) is 2.34. The number of hydrogen-bond acceptors (Lipinski definition) is 3. The standard InChI is InChI=1S/C6H10O3S/c1-5(7)6-2-3-10(8,9)4-6/h6H,2-4H2,1H3/t6-/m1/s1. The van der Waals surface area contributed by atoms with E-state index in [2.05, 4.69) is 0 Å². The fourth-order valence-corrected chi connectivity index (χ4v) is 2.94. The third-order valence-electron chi connectivity index (χ3n) is 1.81. The summed E-state index contributed by atoms with van der Waals surface area (Å²) >= 11 is 0. The van der Waals surface area contributed by atoms with Gasteiger partial charge in [0.1, 0.15) is 5.78 Å². The van der Waals surface area contributed by atoms with Crippen LogP contribution in [0.15, 0.2) is 0 Å². The summed E-state index contributed by atoms with van der Waals surface area (Å²) < 4.78 is 21.6. The van der Waals surface area contributed by atoms with Gasteiger partial charge in [-0.3, -0.25) is 4.79 Å². The van der Waals surface area contributed by atoms with E-state index in [9.17, 15) is 13.2 Å². The smallest absolute Gasteiger partial charge is 0.151 e. The lowest BCUT2D eigenvalue weighted by Crippen LogP contribution is -2.11. The summed E-state index contributed by atoms with van der Waals surface area (Å²) in [5.74, 6) is 0.0469. The topological polar surface area (TPSA) is 51.2 Å². The van der Waals surface area contributed by atoms with Gasteiger partial charge in [0.05, 0.1) is 11.5 Å². The average molecular weight is 162 g/mol. The summed E-state index contributed by atoms with van der Waals surface area (Å²) in [6.45, 7) is 1.45. The maximum atomic E-state index is 10.8. The Labute approximate surface area is 60.3 Å². The van der Waals surface area contributed by atoms with Crippen molar-refractivity contribution in [1.29, 1.82) is 0 Å². The molecule has 3 nitrogen and oxygen atoms in total. The molecule has 0 bridgehead atoms. The summed E-state index contributed by atoms with van der Waals surface area (Å²) in [5, 5.41) is 0. The van der Waals surface area contributed by atoms with Crippen molar-refractivity contribution in [2.75, 3.05) is 11.5 Å². The molecule has 0 radical (unpaired) electrons. The molecule has 0 aromatic heterocycles. The van der Waals surface area contributed by atoms with Crippen LogP contribution in [0.25, 0.3) is 0 Å². The third kappa shape index (κ3) is 1.56. The molecule has 0 spiro atoms. The molecule has 0 aromatic rings. The summed E-state index contributed by atoms with van der Waals surface area (Å²) in [6.07, 6.45) is 0.525. The Kier molecular flexibility index (Phi) is 1.81. The van der Waals surface area contributed by atoms with Crippen LogP contribution in [0.4, 0.5) is 0 Å². The van der Waals surface area contributed by atoms with Gasteiger partial charge in [0, 0.05) is 5.92 Å². The number of rotatable bonds is 1. The minimum absolute atomic E-state index is 0.000995. The van der Waals surface area contributed by atoms with Gasteiger partial charge in [-0.1, -0.05) is 0 Å². The normalized spacial score (nSPS) is 30.3. The van der Waals surface area contributed by atoms with Crippen molar-refractivity contribution in [2.45, 2.75) is 13.3 Å². The second-order valence-electron chi connectivity index (χ2n) is 2.71. The van der Waals surface area contributed by atoms with E-state index in [1.165, 1.54) is 6.92 Å². The molecule has 0 aromatic carbocycles. The molecule has 0 saturated carbocycles. The SMILES string of the molecule is CC(=O)[C@@H]1CCS(=O)(=O)C1. The van der Waals surface area contributed by atoms with Gasteiger partial charge in [-0.15, -0.1) is 0 Å². The summed E-state index contributed by atoms with van der Waals surface area (Å²) in [4.78, 5) is 10.7. The van der Waals surface area contributed by atoms with E-state index in [0.717, 1.165) is 0 Å². The molecule has 0 N–H and O–H groups in total. The Balaban J connectivity index is 2.69. The average Bonchev–Trinajstić information content (AvgIpc) is 2.10. The van der Waals surface area contributed by atoms with Gasteiger partial charge in [0.25, 0.3) is 0 Å². The molecule has 58 valence electrons. The van der Waals surface area contributed by atoms with Gasteiger partial charge in [0.15, 0.2) is 9.84 Å². The fraction of sp³-hybridized carbons (Fsp3) is 0.833. The van der Waals surface area contributed by atoms with Gasteiger partial charge < -0.3 is 0 Å². The molecule has 1 saturated heterocycles. The molecule has 1 aliphatic heterocycles. The zero-order valence-corrected chi connectivity index (χ0v) is 6.65. The highest BCUT2D eigenvalue weighted by Crippen LogP contribution is 2.18. The van der Waals surface area contributed by atoms with E-state index >= 15 is 0 Å². The molecule has 10 heavy (non-hydrogen) atoms. The molecule has 0 amide bonds. The number of sulfone groups is 1. The third-order valence-corrected chi connectivity index (χ3v) is 3.58. The van der Waals surface area contributed by atoms with Crippen LogP contribution in [0.1, 0.15) is 13.3 Å². The Hall–Kier alpha value is -0.380. The van der Waals surface area contributed by atoms with Gasteiger partial charge >= 0.3 is 0 Å². The number of carbonyl (C=O) groups excluding carboxylic acids is 1. The summed E-state index contributed by atoms with van der Waals surface area (Å²) in [5.41, 5.74) is 0. The van der Waals surface area contributed by atoms with Crippen molar-refractivity contribution in [3.05, 3.63) is 0 Å². The van der Waals surface area contributed by atoms with Gasteiger partial charge in [-0.2, -0.15) is 0 Å². The first-order valence-corrected chi connectivity index (χ1v) is 5.04. The lowest BCUT2D eigenvalue weighted by molar-refractivity contribution is -0.120.